The molecule has 0 saturated heterocycles. The molecule has 1 amide bonds. The van der Waals surface area contributed by atoms with Crippen molar-refractivity contribution in [3.8, 4) is 5.75 Å². The topological polar surface area (TPSA) is 55.9 Å². The van der Waals surface area contributed by atoms with E-state index in [1.807, 2.05) is 18.2 Å². The largest absolute Gasteiger partial charge is 0.497 e. The van der Waals surface area contributed by atoms with Crippen molar-refractivity contribution >= 4 is 16.9 Å². The molecule has 0 aliphatic heterocycles. The van der Waals surface area contributed by atoms with Crippen molar-refractivity contribution < 1.29 is 18.8 Å². The first kappa shape index (κ1) is 20.0. The molecule has 0 fully saturated rings. The fraction of sp³-hybridized carbons (Fsp3) is 0.348. The van der Waals surface area contributed by atoms with Gasteiger partial charge in [0.1, 0.15) is 17.4 Å². The number of carbonyl (C=O) groups is 1. The standard InChI is InChI=1S/C23H28N2O3/c1-5-16-6-8-17(9-7-16)21(25(2)3)14-24-23(26)12-18-15-28-22-13-19(27-4)10-11-20(18)22/h6-11,13,15,21H,5,12,14H2,1-4H3,(H,24,26)/p+1/t21-/m0/s1. The molecule has 0 aliphatic carbocycles. The third-order valence-electron chi connectivity index (χ3n) is 5.20. The Bertz CT molecular complexity index is 929. The van der Waals surface area contributed by atoms with Crippen LogP contribution in [0.2, 0.25) is 0 Å². The lowest BCUT2D eigenvalue weighted by Crippen LogP contribution is -3.07. The molecule has 0 spiro atoms. The van der Waals surface area contributed by atoms with Gasteiger partial charge in [0.25, 0.3) is 0 Å². The van der Waals surface area contributed by atoms with Crippen LogP contribution in [-0.2, 0) is 17.6 Å². The Balaban J connectivity index is 1.65. The molecule has 1 atom stereocenters. The molecule has 5 nitrogen and oxygen atoms in total. The lowest BCUT2D eigenvalue weighted by Gasteiger charge is -2.22. The number of benzene rings is 2. The number of fused-ring (bicyclic) bond motifs is 1. The lowest BCUT2D eigenvalue weighted by atomic mass is 10.0. The number of likely N-dealkylation sites (N-methyl/N-ethyl adjacent to an activating group) is 1. The van der Waals surface area contributed by atoms with Gasteiger partial charge in [-0.1, -0.05) is 31.2 Å². The molecule has 0 bridgehead atoms. The number of rotatable bonds is 8. The van der Waals surface area contributed by atoms with Gasteiger partial charge in [0, 0.05) is 22.6 Å². The summed E-state index contributed by atoms with van der Waals surface area (Å²) >= 11 is 0. The molecule has 0 aliphatic rings. The fourth-order valence-electron chi connectivity index (χ4n) is 3.42. The van der Waals surface area contributed by atoms with Gasteiger partial charge in [0.05, 0.1) is 40.4 Å². The number of nitrogens with one attached hydrogen (secondary N) is 2. The van der Waals surface area contributed by atoms with Gasteiger partial charge in [-0.25, -0.2) is 0 Å². The van der Waals surface area contributed by atoms with E-state index in [1.165, 1.54) is 16.0 Å². The number of aryl methyl sites for hydroxylation is 1. The van der Waals surface area contributed by atoms with Gasteiger partial charge >= 0.3 is 0 Å². The average Bonchev–Trinajstić information content (AvgIpc) is 3.10. The molecule has 1 heterocycles. The van der Waals surface area contributed by atoms with Crippen LogP contribution in [0, 0.1) is 0 Å². The van der Waals surface area contributed by atoms with E-state index >= 15 is 0 Å². The zero-order chi connectivity index (χ0) is 20.1. The monoisotopic (exact) mass is 381 g/mol. The Hall–Kier alpha value is -2.79. The minimum atomic E-state index is -0.00468. The van der Waals surface area contributed by atoms with E-state index in [0.29, 0.717) is 13.0 Å². The van der Waals surface area contributed by atoms with Crippen LogP contribution in [0.15, 0.2) is 53.1 Å². The number of ether oxygens (including phenoxy) is 1. The molecular weight excluding hydrogens is 352 g/mol. The van der Waals surface area contributed by atoms with Crippen LogP contribution in [-0.4, -0.2) is 33.7 Å². The van der Waals surface area contributed by atoms with Gasteiger partial charge in [0.2, 0.25) is 5.91 Å². The van der Waals surface area contributed by atoms with Gasteiger partial charge in [-0.15, -0.1) is 0 Å². The molecule has 0 unspecified atom stereocenters. The number of quaternary nitrogens is 1. The van der Waals surface area contributed by atoms with Crippen molar-refractivity contribution in [2.24, 2.45) is 0 Å². The minimum Gasteiger partial charge on any atom is -0.497 e. The van der Waals surface area contributed by atoms with Gasteiger partial charge in [-0.05, 0) is 24.1 Å². The van der Waals surface area contributed by atoms with Crippen LogP contribution in [0.25, 0.3) is 11.0 Å². The molecule has 3 aromatic rings. The van der Waals surface area contributed by atoms with Crippen molar-refractivity contribution in [2.75, 3.05) is 27.7 Å². The molecule has 0 saturated carbocycles. The number of furan rings is 1. The summed E-state index contributed by atoms with van der Waals surface area (Å²) in [5, 5.41) is 4.04. The van der Waals surface area contributed by atoms with E-state index in [0.717, 1.165) is 28.7 Å². The third kappa shape index (κ3) is 4.54. The summed E-state index contributed by atoms with van der Waals surface area (Å²) < 4.78 is 10.8. The second kappa shape index (κ2) is 8.93. The first-order valence-electron chi connectivity index (χ1n) is 9.71. The summed E-state index contributed by atoms with van der Waals surface area (Å²) in [6.45, 7) is 2.75. The summed E-state index contributed by atoms with van der Waals surface area (Å²) in [5.74, 6) is 0.735. The second-order valence-corrected chi connectivity index (χ2v) is 7.33. The maximum Gasteiger partial charge on any atom is 0.224 e. The number of amides is 1. The van der Waals surface area contributed by atoms with E-state index < -0.39 is 0 Å². The molecular formula is C23H29N2O3+. The van der Waals surface area contributed by atoms with Crippen LogP contribution in [0.4, 0.5) is 0 Å². The highest BCUT2D eigenvalue weighted by molar-refractivity contribution is 5.88. The maximum absolute atomic E-state index is 12.5. The zero-order valence-corrected chi connectivity index (χ0v) is 17.0. The predicted molar refractivity (Wildman–Crippen MR) is 111 cm³/mol. The summed E-state index contributed by atoms with van der Waals surface area (Å²) in [7, 11) is 5.85. The molecule has 28 heavy (non-hydrogen) atoms. The zero-order valence-electron chi connectivity index (χ0n) is 17.0. The van der Waals surface area contributed by atoms with E-state index in [9.17, 15) is 4.79 Å². The van der Waals surface area contributed by atoms with E-state index in [1.54, 1.807) is 13.4 Å². The molecule has 0 radical (unpaired) electrons. The van der Waals surface area contributed by atoms with Gasteiger partial charge in [-0.2, -0.15) is 0 Å². The Morgan fingerprint density at radius 1 is 1.18 bits per heavy atom. The van der Waals surface area contributed by atoms with Gasteiger partial charge in [-0.3, -0.25) is 4.79 Å². The number of hydrogen-bond donors (Lipinski definition) is 2. The Morgan fingerprint density at radius 3 is 2.57 bits per heavy atom. The van der Waals surface area contributed by atoms with Crippen molar-refractivity contribution in [2.45, 2.75) is 25.8 Å². The summed E-state index contributed by atoms with van der Waals surface area (Å²) in [4.78, 5) is 13.8. The van der Waals surface area contributed by atoms with Crippen molar-refractivity contribution in [1.29, 1.82) is 0 Å². The highest BCUT2D eigenvalue weighted by Gasteiger charge is 2.19. The van der Waals surface area contributed by atoms with Crippen LogP contribution in [0.3, 0.4) is 0 Å². The summed E-state index contributed by atoms with van der Waals surface area (Å²) in [5.41, 5.74) is 4.17. The van der Waals surface area contributed by atoms with Crippen LogP contribution in [0.5, 0.6) is 5.75 Å². The van der Waals surface area contributed by atoms with Crippen molar-refractivity contribution in [1.82, 2.24) is 5.32 Å². The van der Waals surface area contributed by atoms with E-state index in [4.69, 9.17) is 9.15 Å². The van der Waals surface area contributed by atoms with E-state index in [-0.39, 0.29) is 11.9 Å². The predicted octanol–water partition coefficient (Wildman–Crippen LogP) is 2.55. The molecule has 1 aromatic heterocycles. The Kier molecular flexibility index (Phi) is 6.37. The van der Waals surface area contributed by atoms with Crippen LogP contribution in [0.1, 0.15) is 29.7 Å². The van der Waals surface area contributed by atoms with Gasteiger partial charge in [0.15, 0.2) is 0 Å². The molecule has 5 heteroatoms. The summed E-state index contributed by atoms with van der Waals surface area (Å²) in [6, 6.07) is 14.5. The average molecular weight is 381 g/mol. The Morgan fingerprint density at radius 2 is 1.93 bits per heavy atom. The van der Waals surface area contributed by atoms with E-state index in [2.05, 4.69) is 50.6 Å². The first-order valence-corrected chi connectivity index (χ1v) is 9.71. The molecule has 3 rings (SSSR count). The normalized spacial score (nSPS) is 12.3. The number of carbonyl (C=O) groups excluding carboxylic acids is 1. The highest BCUT2D eigenvalue weighted by atomic mass is 16.5. The van der Waals surface area contributed by atoms with Crippen LogP contribution < -0.4 is 15.0 Å². The fourth-order valence-corrected chi connectivity index (χ4v) is 3.42. The second-order valence-electron chi connectivity index (χ2n) is 7.33. The molecule has 2 N–H and O–H groups in total. The van der Waals surface area contributed by atoms with Crippen LogP contribution >= 0.6 is 0 Å². The quantitative estimate of drug-likeness (QED) is 0.631. The molecule has 148 valence electrons. The number of methoxy groups -OCH3 is 1. The minimum absolute atomic E-state index is 0.00468. The van der Waals surface area contributed by atoms with Crippen molar-refractivity contribution in [3.63, 3.8) is 0 Å². The Labute approximate surface area is 166 Å². The molecule has 2 aromatic carbocycles. The lowest BCUT2D eigenvalue weighted by molar-refractivity contribution is -0.890. The van der Waals surface area contributed by atoms with Gasteiger partial charge < -0.3 is 19.4 Å². The van der Waals surface area contributed by atoms with Crippen molar-refractivity contribution in [3.05, 3.63) is 65.4 Å². The first-order chi connectivity index (χ1) is 13.5. The SMILES string of the molecule is CCc1ccc([C@H](CNC(=O)Cc2coc3cc(OC)ccc23)[NH+](C)C)cc1. The summed E-state index contributed by atoms with van der Waals surface area (Å²) in [6.07, 6.45) is 2.98. The maximum atomic E-state index is 12.5. The third-order valence-corrected chi connectivity index (χ3v) is 5.20. The number of hydrogen-bond acceptors (Lipinski definition) is 3. The highest BCUT2D eigenvalue weighted by Crippen LogP contribution is 2.25. The smallest absolute Gasteiger partial charge is 0.224 e.